The molecule has 0 saturated heterocycles. The van der Waals surface area contributed by atoms with Crippen LogP contribution in [0.2, 0.25) is 0 Å². The molecule has 0 radical (unpaired) electrons. The van der Waals surface area contributed by atoms with Gasteiger partial charge in [0.05, 0.1) is 0 Å². The Labute approximate surface area is 126 Å². The molecule has 0 atom stereocenters. The maximum Gasteiger partial charge on any atom is 0.345 e. The zero-order valence-electron chi connectivity index (χ0n) is 9.05. The van der Waals surface area contributed by atoms with Gasteiger partial charge in [-0.25, -0.2) is 0 Å². The van der Waals surface area contributed by atoms with Gasteiger partial charge in [-0.3, -0.25) is 14.4 Å². The number of hydrogen-bond acceptors (Lipinski definition) is 7. The summed E-state index contributed by atoms with van der Waals surface area (Å²) in [4.78, 5) is 19.7. The summed E-state index contributed by atoms with van der Waals surface area (Å²) in [6, 6.07) is 0. The van der Waals surface area contributed by atoms with Crippen LogP contribution in [0.3, 0.4) is 0 Å². The van der Waals surface area contributed by atoms with Crippen molar-refractivity contribution in [1.29, 1.82) is 0 Å². The van der Waals surface area contributed by atoms with Crippen LogP contribution in [-0.4, -0.2) is 26.9 Å². The van der Waals surface area contributed by atoms with Gasteiger partial charge in [0.2, 0.25) is 16.7 Å². The van der Waals surface area contributed by atoms with E-state index in [0.29, 0.717) is 0 Å². The van der Waals surface area contributed by atoms with E-state index in [1.165, 1.54) is 6.08 Å². The molecule has 1 aromatic rings. The van der Waals surface area contributed by atoms with Gasteiger partial charge < -0.3 is 4.84 Å². The van der Waals surface area contributed by atoms with Crippen molar-refractivity contribution in [1.82, 2.24) is 9.36 Å². The number of carbonyl (C=O) groups excluding carboxylic acids is 1. The molecule has 0 fully saturated rings. The number of oxime groups is 1. The summed E-state index contributed by atoms with van der Waals surface area (Å²) in [5.74, 6) is -3.65. The fourth-order valence-corrected chi connectivity index (χ4v) is 2.94. The van der Waals surface area contributed by atoms with Crippen LogP contribution in [0.25, 0.3) is 0 Å². The van der Waals surface area contributed by atoms with E-state index in [9.17, 15) is 9.36 Å². The fourth-order valence-electron chi connectivity index (χ4n) is 0.796. The lowest BCUT2D eigenvalue weighted by molar-refractivity contribution is -0.106. The molecule has 0 aliphatic rings. The lowest BCUT2D eigenvalue weighted by Gasteiger charge is -2.00. The number of anilines is 1. The molecule has 0 spiro atoms. The quantitative estimate of drug-likeness (QED) is 0.200. The molecule has 0 amide bonds. The van der Waals surface area contributed by atoms with Gasteiger partial charge >= 0.3 is 6.00 Å². The largest absolute Gasteiger partial charge is 0.391 e. The first-order valence-corrected chi connectivity index (χ1v) is 9.12. The number of carbonyl (C=O) groups is 1. The van der Waals surface area contributed by atoms with Crippen LogP contribution in [0.1, 0.15) is 5.82 Å². The van der Waals surface area contributed by atoms with Crippen LogP contribution >= 0.6 is 51.6 Å². The van der Waals surface area contributed by atoms with Gasteiger partial charge in [-0.05, 0) is 34.1 Å². The van der Waals surface area contributed by atoms with Gasteiger partial charge in [0.1, 0.15) is 6.61 Å². The molecule has 0 saturated carbocycles. The third-order valence-electron chi connectivity index (χ3n) is 1.40. The van der Waals surface area contributed by atoms with E-state index in [0.717, 1.165) is 11.5 Å². The highest BCUT2D eigenvalue weighted by Crippen LogP contribution is 2.55. The summed E-state index contributed by atoms with van der Waals surface area (Å²) in [6.45, 7) is 3.49. The van der Waals surface area contributed by atoms with Crippen LogP contribution in [0, 0.1) is 0 Å². The van der Waals surface area contributed by atoms with Crippen LogP contribution in [-0.2, 0) is 14.2 Å². The van der Waals surface area contributed by atoms with Crippen LogP contribution < -0.4 is 5.09 Å². The maximum atomic E-state index is 11.2. The molecule has 0 unspecified atom stereocenters. The molecule has 0 aliphatic carbocycles. The van der Waals surface area contributed by atoms with Crippen molar-refractivity contribution in [2.24, 2.45) is 5.16 Å². The normalized spacial score (nSPS) is 12.1. The van der Waals surface area contributed by atoms with Crippen molar-refractivity contribution in [3.05, 3.63) is 18.5 Å². The van der Waals surface area contributed by atoms with Crippen molar-refractivity contribution in [3.63, 3.8) is 0 Å². The minimum absolute atomic E-state index is 0.0534. The van der Waals surface area contributed by atoms with E-state index in [2.05, 4.69) is 26.2 Å². The van der Waals surface area contributed by atoms with E-state index >= 15 is 0 Å². The van der Waals surface area contributed by atoms with Crippen molar-refractivity contribution in [3.8, 4) is 0 Å². The fraction of sp³-hybridized carbons (Fsp3) is 0.143. The number of nitrogens with one attached hydrogen (secondary N) is 1. The van der Waals surface area contributed by atoms with Crippen molar-refractivity contribution in [2.45, 2.75) is 0 Å². The number of halogens is 3. The number of hydrogen-bond donors (Lipinski definition) is 1. The number of rotatable bonds is 7. The van der Waals surface area contributed by atoms with E-state index in [1.807, 2.05) is 0 Å². The Kier molecular flexibility index (Phi) is 6.22. The molecule has 7 nitrogen and oxygen atoms in total. The lowest BCUT2D eigenvalue weighted by atomic mass is 10.4. The lowest BCUT2D eigenvalue weighted by Crippen LogP contribution is -2.12. The van der Waals surface area contributed by atoms with Gasteiger partial charge in [-0.15, -0.1) is 0 Å². The minimum atomic E-state index is -3.55. The minimum Gasteiger partial charge on any atom is -0.391 e. The third-order valence-corrected chi connectivity index (χ3v) is 3.34. The van der Waals surface area contributed by atoms with Gasteiger partial charge in [-0.2, -0.15) is 9.36 Å². The smallest absolute Gasteiger partial charge is 0.345 e. The molecule has 0 aromatic carbocycles. The molecular weight excluding hydrogens is 358 g/mol. The van der Waals surface area contributed by atoms with E-state index < -0.39 is 11.2 Å². The first-order valence-electron chi connectivity index (χ1n) is 4.46. The second-order valence-electron chi connectivity index (χ2n) is 2.80. The summed E-state index contributed by atoms with van der Waals surface area (Å²) in [7, 11) is 0. The average Bonchev–Trinajstić information content (AvgIpc) is 2.69. The van der Waals surface area contributed by atoms with Gasteiger partial charge in [0.15, 0.2) is 0 Å². The van der Waals surface area contributed by atoms with E-state index in [1.54, 1.807) is 0 Å². The molecule has 1 heterocycles. The predicted octanol–water partition coefficient (Wildman–Crippen LogP) is 3.21. The molecule has 0 bridgehead atoms. The summed E-state index contributed by atoms with van der Waals surface area (Å²) in [5, 5.41) is 4.85. The van der Waals surface area contributed by atoms with E-state index in [4.69, 9.17) is 38.9 Å². The first-order chi connectivity index (χ1) is 8.83. The predicted molar refractivity (Wildman–Crippen MR) is 76.4 cm³/mol. The molecule has 1 N–H and O–H groups in total. The Morgan fingerprint density at radius 1 is 1.63 bits per heavy atom. The van der Waals surface area contributed by atoms with Crippen LogP contribution in [0.5, 0.6) is 0 Å². The molecule has 0 aliphatic heterocycles. The molecule has 1 aromatic heterocycles. The van der Waals surface area contributed by atoms with Gasteiger partial charge in [0, 0.05) is 11.5 Å². The Bertz CT molecular complexity index is 558. The Morgan fingerprint density at radius 2 is 2.32 bits per heavy atom. The molecule has 19 heavy (non-hydrogen) atoms. The SMILES string of the molecule is C=CCO/N=C(\C(=O)Cl)c1nsc(NP(=O)(Cl)Cl)n1. The molecule has 12 heteroatoms. The number of nitrogens with zero attached hydrogens (tertiary/aromatic N) is 3. The highest BCUT2D eigenvalue weighted by molar-refractivity contribution is 8.09. The highest BCUT2D eigenvalue weighted by atomic mass is 35.9. The Balaban J connectivity index is 2.92. The summed E-state index contributed by atoms with van der Waals surface area (Å²) >= 11 is 16.7. The van der Waals surface area contributed by atoms with Crippen molar-refractivity contribution in [2.75, 3.05) is 11.7 Å². The standard InChI is InChI=1S/C7H6Cl3N4O3PS/c1-2-3-17-12-4(5(8)15)6-11-7(19-14-6)13-18(9,10)16/h2H,1,3H2,(H,11,13,14,16)/b12-4+. The van der Waals surface area contributed by atoms with Crippen molar-refractivity contribution >= 4 is 67.7 Å². The monoisotopic (exact) mass is 362 g/mol. The summed E-state index contributed by atoms with van der Waals surface area (Å²) in [6.07, 6.45) is 1.43. The molecular formula is C7H6Cl3N4O3PS. The van der Waals surface area contributed by atoms with Crippen LogP contribution in [0.4, 0.5) is 5.13 Å². The van der Waals surface area contributed by atoms with Gasteiger partial charge in [-0.1, -0.05) is 17.8 Å². The highest BCUT2D eigenvalue weighted by Gasteiger charge is 2.21. The second kappa shape index (κ2) is 7.21. The summed E-state index contributed by atoms with van der Waals surface area (Å²) in [5.41, 5.74) is -0.299. The second-order valence-corrected chi connectivity index (χ2v) is 8.41. The zero-order valence-corrected chi connectivity index (χ0v) is 13.0. The molecule has 104 valence electrons. The average molecular weight is 364 g/mol. The Morgan fingerprint density at radius 3 is 2.84 bits per heavy atom. The van der Waals surface area contributed by atoms with E-state index in [-0.39, 0.29) is 23.3 Å². The maximum absolute atomic E-state index is 11.2. The van der Waals surface area contributed by atoms with Gasteiger partial charge in [0.25, 0.3) is 5.24 Å². The van der Waals surface area contributed by atoms with Crippen molar-refractivity contribution < 1.29 is 14.2 Å². The van der Waals surface area contributed by atoms with Crippen LogP contribution in [0.15, 0.2) is 17.8 Å². The zero-order chi connectivity index (χ0) is 14.5. The third kappa shape index (κ3) is 5.88. The topological polar surface area (TPSA) is 93.5 Å². The Hall–Kier alpha value is -0.660. The summed E-state index contributed by atoms with van der Waals surface area (Å²) < 4.78 is 14.9. The first kappa shape index (κ1) is 16.4. The molecule has 1 rings (SSSR count). The number of aromatic nitrogens is 2.